The quantitative estimate of drug-likeness (QED) is 0.184. The van der Waals surface area contributed by atoms with Crippen LogP contribution in [0, 0.1) is 6.92 Å². The molecule has 0 spiro atoms. The van der Waals surface area contributed by atoms with Crippen molar-refractivity contribution in [3.05, 3.63) is 88.4 Å². The fourth-order valence-corrected chi connectivity index (χ4v) is 5.24. The molecule has 37 heavy (non-hydrogen) atoms. The molecule has 1 saturated heterocycles. The predicted molar refractivity (Wildman–Crippen MR) is 144 cm³/mol. The third kappa shape index (κ3) is 4.56. The molecule has 1 aliphatic heterocycles. The highest BCUT2D eigenvalue weighted by atomic mass is 32.1. The number of carbonyl (C=O) groups is 2. The first-order valence-corrected chi connectivity index (χ1v) is 12.8. The second-order valence-electron chi connectivity index (χ2n) is 8.79. The van der Waals surface area contributed by atoms with E-state index in [0.29, 0.717) is 28.6 Å². The molecule has 1 unspecified atom stereocenters. The Morgan fingerprint density at radius 1 is 1.03 bits per heavy atom. The third-order valence-electron chi connectivity index (χ3n) is 6.25. The largest absolute Gasteiger partial charge is 0.507 e. The molecule has 1 fully saturated rings. The molecule has 0 radical (unpaired) electrons. The Labute approximate surface area is 218 Å². The number of fused-ring (bicyclic) bond motifs is 1. The van der Waals surface area contributed by atoms with Gasteiger partial charge in [-0.25, -0.2) is 4.98 Å². The van der Waals surface area contributed by atoms with Gasteiger partial charge in [0.25, 0.3) is 5.78 Å². The maximum absolute atomic E-state index is 13.4. The number of rotatable bonds is 7. The van der Waals surface area contributed by atoms with E-state index in [-0.39, 0.29) is 11.3 Å². The number of aliphatic hydroxyl groups excluding tert-OH is 1. The standard InChI is InChI=1S/C29H26N2O5S/c1-4-13-36-22-10-7-18(8-11-22)25-24(27(33)28(34)31(25)29-30-17(2)16-37-29)26(32)21-6-5-20-15-23(35-3)12-9-19(20)14-21/h5-12,14-16,25,32H,4,13H2,1-3H3/b26-24+. The van der Waals surface area contributed by atoms with E-state index >= 15 is 0 Å². The third-order valence-corrected chi connectivity index (χ3v) is 7.20. The normalized spacial score (nSPS) is 16.9. The Balaban J connectivity index is 1.64. The van der Waals surface area contributed by atoms with Gasteiger partial charge in [0, 0.05) is 10.9 Å². The predicted octanol–water partition coefficient (Wildman–Crippen LogP) is 6.03. The van der Waals surface area contributed by atoms with Crippen LogP contribution in [0.3, 0.4) is 0 Å². The monoisotopic (exact) mass is 514 g/mol. The van der Waals surface area contributed by atoms with Crippen molar-refractivity contribution in [3.8, 4) is 11.5 Å². The number of ketones is 1. The van der Waals surface area contributed by atoms with Crippen LogP contribution in [0.5, 0.6) is 11.5 Å². The average Bonchev–Trinajstić information content (AvgIpc) is 3.46. The summed E-state index contributed by atoms with van der Waals surface area (Å²) in [7, 11) is 1.60. The Hall–Kier alpha value is -4.17. The first-order valence-electron chi connectivity index (χ1n) is 12.0. The van der Waals surface area contributed by atoms with E-state index in [2.05, 4.69) is 4.98 Å². The molecule has 188 valence electrons. The second-order valence-corrected chi connectivity index (χ2v) is 9.62. The molecule has 8 heteroatoms. The fourth-order valence-electron chi connectivity index (χ4n) is 4.42. The van der Waals surface area contributed by atoms with E-state index in [4.69, 9.17) is 9.47 Å². The number of nitrogens with zero attached hydrogens (tertiary/aromatic N) is 2. The highest BCUT2D eigenvalue weighted by molar-refractivity contribution is 7.14. The molecular formula is C29H26N2O5S. The van der Waals surface area contributed by atoms with Crippen LogP contribution >= 0.6 is 11.3 Å². The van der Waals surface area contributed by atoms with Crippen LogP contribution < -0.4 is 14.4 Å². The molecule has 4 aromatic rings. The number of methoxy groups -OCH3 is 1. The molecule has 7 nitrogen and oxygen atoms in total. The van der Waals surface area contributed by atoms with E-state index < -0.39 is 17.7 Å². The van der Waals surface area contributed by atoms with Gasteiger partial charge in [-0.2, -0.15) is 0 Å². The molecule has 0 aliphatic carbocycles. The lowest BCUT2D eigenvalue weighted by molar-refractivity contribution is -0.132. The summed E-state index contributed by atoms with van der Waals surface area (Å²) < 4.78 is 11.0. The summed E-state index contributed by atoms with van der Waals surface area (Å²) in [5, 5.41) is 15.5. The zero-order valence-corrected chi connectivity index (χ0v) is 21.5. The fraction of sp³-hybridized carbons (Fsp3) is 0.207. The Bertz CT molecular complexity index is 1520. The Morgan fingerprint density at radius 3 is 2.41 bits per heavy atom. The van der Waals surface area contributed by atoms with Crippen LogP contribution in [0.25, 0.3) is 16.5 Å². The molecule has 5 rings (SSSR count). The van der Waals surface area contributed by atoms with Crippen molar-refractivity contribution < 1.29 is 24.2 Å². The summed E-state index contributed by atoms with van der Waals surface area (Å²) >= 11 is 1.28. The number of aliphatic hydroxyl groups is 1. The van der Waals surface area contributed by atoms with Gasteiger partial charge in [-0.1, -0.05) is 37.3 Å². The minimum absolute atomic E-state index is 0.0212. The average molecular weight is 515 g/mol. The summed E-state index contributed by atoms with van der Waals surface area (Å²) in [5.41, 5.74) is 1.88. The van der Waals surface area contributed by atoms with Crippen molar-refractivity contribution in [1.29, 1.82) is 0 Å². The van der Waals surface area contributed by atoms with Gasteiger partial charge in [0.15, 0.2) is 5.13 Å². The number of ether oxygens (including phenoxy) is 2. The van der Waals surface area contributed by atoms with Gasteiger partial charge in [0.1, 0.15) is 17.3 Å². The lowest BCUT2D eigenvalue weighted by atomic mass is 9.94. The van der Waals surface area contributed by atoms with Gasteiger partial charge in [-0.3, -0.25) is 14.5 Å². The van der Waals surface area contributed by atoms with E-state index in [9.17, 15) is 14.7 Å². The number of aryl methyl sites for hydroxylation is 1. The van der Waals surface area contributed by atoms with Crippen LogP contribution in [0.4, 0.5) is 5.13 Å². The van der Waals surface area contributed by atoms with E-state index in [1.807, 2.05) is 67.8 Å². The topological polar surface area (TPSA) is 89.0 Å². The number of benzene rings is 3. The molecule has 0 saturated carbocycles. The number of Topliss-reactive ketones (excluding diaryl/α,β-unsaturated/α-hetero) is 1. The molecule has 1 aromatic heterocycles. The highest BCUT2D eigenvalue weighted by Gasteiger charge is 2.48. The molecular weight excluding hydrogens is 488 g/mol. The second kappa shape index (κ2) is 10.1. The summed E-state index contributed by atoms with van der Waals surface area (Å²) in [6.45, 7) is 4.45. The Morgan fingerprint density at radius 2 is 1.73 bits per heavy atom. The van der Waals surface area contributed by atoms with Gasteiger partial charge in [0.05, 0.1) is 31.0 Å². The van der Waals surface area contributed by atoms with Crippen LogP contribution in [-0.2, 0) is 9.59 Å². The number of anilines is 1. The van der Waals surface area contributed by atoms with E-state index in [1.165, 1.54) is 16.2 Å². The maximum atomic E-state index is 13.4. The number of aromatic nitrogens is 1. The molecule has 1 atom stereocenters. The number of thiazole rings is 1. The number of hydrogen-bond donors (Lipinski definition) is 1. The SMILES string of the molecule is CCCOc1ccc(C2/C(=C(\O)c3ccc4cc(OC)ccc4c3)C(=O)C(=O)N2c2nc(C)cs2)cc1. The first-order chi connectivity index (χ1) is 17.9. The van der Waals surface area contributed by atoms with Gasteiger partial charge in [-0.15, -0.1) is 11.3 Å². The van der Waals surface area contributed by atoms with Crippen molar-refractivity contribution in [2.24, 2.45) is 0 Å². The van der Waals surface area contributed by atoms with Gasteiger partial charge in [0.2, 0.25) is 0 Å². The lowest BCUT2D eigenvalue weighted by Crippen LogP contribution is -2.29. The molecule has 1 aliphatic rings. The van der Waals surface area contributed by atoms with Crippen molar-refractivity contribution in [1.82, 2.24) is 4.98 Å². The molecule has 1 amide bonds. The molecule has 2 heterocycles. The smallest absolute Gasteiger partial charge is 0.301 e. The van der Waals surface area contributed by atoms with Crippen LogP contribution in [0.15, 0.2) is 71.6 Å². The molecule has 0 bridgehead atoms. The van der Waals surface area contributed by atoms with Gasteiger partial charge >= 0.3 is 5.91 Å². The number of amides is 1. The highest BCUT2D eigenvalue weighted by Crippen LogP contribution is 2.43. The summed E-state index contributed by atoms with van der Waals surface area (Å²) in [5.74, 6) is -0.296. The summed E-state index contributed by atoms with van der Waals surface area (Å²) in [4.78, 5) is 32.5. The number of carbonyl (C=O) groups excluding carboxylic acids is 2. The first kappa shape index (κ1) is 24.5. The molecule has 1 N–H and O–H groups in total. The number of hydrogen-bond acceptors (Lipinski definition) is 7. The van der Waals surface area contributed by atoms with Crippen LogP contribution in [-0.4, -0.2) is 35.5 Å². The van der Waals surface area contributed by atoms with Gasteiger partial charge in [-0.05, 0) is 60.0 Å². The Kier molecular flexibility index (Phi) is 6.67. The van der Waals surface area contributed by atoms with Crippen molar-refractivity contribution in [2.75, 3.05) is 18.6 Å². The molecule has 3 aromatic carbocycles. The summed E-state index contributed by atoms with van der Waals surface area (Å²) in [6, 6.07) is 17.4. The lowest BCUT2D eigenvalue weighted by Gasteiger charge is -2.23. The minimum Gasteiger partial charge on any atom is -0.507 e. The zero-order valence-electron chi connectivity index (χ0n) is 20.7. The van der Waals surface area contributed by atoms with E-state index in [1.54, 1.807) is 19.2 Å². The van der Waals surface area contributed by atoms with Crippen LogP contribution in [0.2, 0.25) is 0 Å². The van der Waals surface area contributed by atoms with Crippen molar-refractivity contribution >= 4 is 44.7 Å². The van der Waals surface area contributed by atoms with Gasteiger partial charge < -0.3 is 14.6 Å². The zero-order chi connectivity index (χ0) is 26.1. The van der Waals surface area contributed by atoms with Crippen molar-refractivity contribution in [3.63, 3.8) is 0 Å². The van der Waals surface area contributed by atoms with Crippen molar-refractivity contribution in [2.45, 2.75) is 26.3 Å². The van der Waals surface area contributed by atoms with Crippen LogP contribution in [0.1, 0.15) is 36.2 Å². The maximum Gasteiger partial charge on any atom is 0.301 e. The summed E-state index contributed by atoms with van der Waals surface area (Å²) in [6.07, 6.45) is 0.879. The minimum atomic E-state index is -0.836. The van der Waals surface area contributed by atoms with E-state index in [0.717, 1.165) is 28.6 Å².